The highest BCUT2D eigenvalue weighted by Crippen LogP contribution is 2.28. The average Bonchev–Trinajstić information content (AvgIpc) is 2.38. The summed E-state index contributed by atoms with van der Waals surface area (Å²) in [5.41, 5.74) is 8.06. The van der Waals surface area contributed by atoms with Crippen LogP contribution in [0.5, 0.6) is 0 Å². The standard InChI is InChI=1S/C14H22N2S/c1-3-14-10-16(7-8-17-14)11(2)12-5-4-6-13(15)9-12/h4-6,9,11,14H,3,7-8,10,15H2,1-2H3. The summed E-state index contributed by atoms with van der Waals surface area (Å²) in [6.07, 6.45) is 1.27. The maximum atomic E-state index is 5.86. The predicted octanol–water partition coefficient (Wildman–Crippen LogP) is 3.16. The molecule has 17 heavy (non-hydrogen) atoms. The summed E-state index contributed by atoms with van der Waals surface area (Å²) in [6, 6.07) is 8.78. The fourth-order valence-electron chi connectivity index (χ4n) is 2.37. The van der Waals surface area contributed by atoms with E-state index in [2.05, 4.69) is 48.7 Å². The molecule has 0 saturated carbocycles. The fraction of sp³-hybridized carbons (Fsp3) is 0.571. The van der Waals surface area contributed by atoms with Gasteiger partial charge in [-0.1, -0.05) is 19.1 Å². The SMILES string of the molecule is CCC1CN(C(C)c2cccc(N)c2)CCS1. The van der Waals surface area contributed by atoms with Gasteiger partial charge < -0.3 is 5.73 Å². The molecule has 1 fully saturated rings. The Kier molecular flexibility index (Phi) is 4.35. The van der Waals surface area contributed by atoms with Gasteiger partial charge in [-0.3, -0.25) is 4.90 Å². The first-order valence-corrected chi connectivity index (χ1v) is 7.46. The van der Waals surface area contributed by atoms with Crippen LogP contribution >= 0.6 is 11.8 Å². The summed E-state index contributed by atoms with van der Waals surface area (Å²) in [7, 11) is 0. The van der Waals surface area contributed by atoms with Gasteiger partial charge in [0.1, 0.15) is 0 Å². The predicted molar refractivity (Wildman–Crippen MR) is 77.4 cm³/mol. The molecule has 0 aromatic heterocycles. The monoisotopic (exact) mass is 250 g/mol. The molecule has 1 aromatic rings. The summed E-state index contributed by atoms with van der Waals surface area (Å²) in [4.78, 5) is 2.58. The fourth-order valence-corrected chi connectivity index (χ4v) is 3.58. The molecule has 2 N–H and O–H groups in total. The first kappa shape index (κ1) is 12.8. The number of hydrogen-bond donors (Lipinski definition) is 1. The van der Waals surface area contributed by atoms with Crippen LogP contribution in [0.1, 0.15) is 31.9 Å². The minimum Gasteiger partial charge on any atom is -0.399 e. The maximum absolute atomic E-state index is 5.86. The topological polar surface area (TPSA) is 29.3 Å². The zero-order valence-electron chi connectivity index (χ0n) is 10.7. The zero-order chi connectivity index (χ0) is 12.3. The molecule has 94 valence electrons. The van der Waals surface area contributed by atoms with Crippen molar-refractivity contribution in [3.8, 4) is 0 Å². The third kappa shape index (κ3) is 3.17. The van der Waals surface area contributed by atoms with E-state index in [1.165, 1.54) is 30.8 Å². The minimum absolute atomic E-state index is 0.480. The minimum atomic E-state index is 0.480. The second-order valence-electron chi connectivity index (χ2n) is 4.74. The van der Waals surface area contributed by atoms with Gasteiger partial charge in [-0.05, 0) is 31.0 Å². The molecule has 2 atom stereocenters. The van der Waals surface area contributed by atoms with Gasteiger partial charge in [-0.15, -0.1) is 0 Å². The summed E-state index contributed by atoms with van der Waals surface area (Å²) in [6.45, 7) is 6.97. The van der Waals surface area contributed by atoms with Crippen LogP contribution in [-0.4, -0.2) is 29.0 Å². The van der Waals surface area contributed by atoms with Crippen molar-refractivity contribution < 1.29 is 0 Å². The first-order chi connectivity index (χ1) is 8.20. The number of nitrogen functional groups attached to an aromatic ring is 1. The quantitative estimate of drug-likeness (QED) is 0.836. The first-order valence-electron chi connectivity index (χ1n) is 6.41. The van der Waals surface area contributed by atoms with Gasteiger partial charge in [0.15, 0.2) is 0 Å². The molecule has 1 aliphatic heterocycles. The van der Waals surface area contributed by atoms with Crippen molar-refractivity contribution in [3.63, 3.8) is 0 Å². The Hall–Kier alpha value is -0.670. The summed E-state index contributed by atoms with van der Waals surface area (Å²) >= 11 is 2.12. The van der Waals surface area contributed by atoms with E-state index < -0.39 is 0 Å². The highest BCUT2D eigenvalue weighted by Gasteiger charge is 2.23. The normalized spacial score (nSPS) is 23.5. The molecule has 0 aliphatic carbocycles. The van der Waals surface area contributed by atoms with Crippen LogP contribution in [0.2, 0.25) is 0 Å². The van der Waals surface area contributed by atoms with Crippen molar-refractivity contribution in [2.75, 3.05) is 24.6 Å². The summed E-state index contributed by atoms with van der Waals surface area (Å²) in [5, 5.41) is 0.798. The number of thioether (sulfide) groups is 1. The number of benzene rings is 1. The van der Waals surface area contributed by atoms with Crippen LogP contribution in [0.25, 0.3) is 0 Å². The molecule has 1 aromatic carbocycles. The van der Waals surface area contributed by atoms with E-state index in [-0.39, 0.29) is 0 Å². The molecule has 0 amide bonds. The summed E-state index contributed by atoms with van der Waals surface area (Å²) in [5.74, 6) is 1.26. The lowest BCUT2D eigenvalue weighted by molar-refractivity contribution is 0.217. The number of nitrogens with two attached hydrogens (primary N) is 1. The average molecular weight is 250 g/mol. The van der Waals surface area contributed by atoms with Crippen LogP contribution < -0.4 is 5.73 Å². The third-order valence-corrected chi connectivity index (χ3v) is 4.94. The van der Waals surface area contributed by atoms with E-state index in [4.69, 9.17) is 5.73 Å². The smallest absolute Gasteiger partial charge is 0.0321 e. The van der Waals surface area contributed by atoms with Crippen LogP contribution in [0.3, 0.4) is 0 Å². The van der Waals surface area contributed by atoms with Gasteiger partial charge >= 0.3 is 0 Å². The molecule has 1 heterocycles. The molecule has 1 saturated heterocycles. The molecule has 0 spiro atoms. The maximum Gasteiger partial charge on any atom is 0.0321 e. The molecule has 3 heteroatoms. The van der Waals surface area contributed by atoms with E-state index in [9.17, 15) is 0 Å². The lowest BCUT2D eigenvalue weighted by atomic mass is 10.1. The Balaban J connectivity index is 2.06. The second-order valence-corrected chi connectivity index (χ2v) is 6.15. The van der Waals surface area contributed by atoms with E-state index >= 15 is 0 Å². The highest BCUT2D eigenvalue weighted by molar-refractivity contribution is 8.00. The molecule has 0 radical (unpaired) electrons. The van der Waals surface area contributed by atoms with E-state index in [0.717, 1.165) is 10.9 Å². The molecule has 1 aliphatic rings. The number of hydrogen-bond acceptors (Lipinski definition) is 3. The molecular formula is C14H22N2S. The lowest BCUT2D eigenvalue weighted by Crippen LogP contribution is -2.39. The second kappa shape index (κ2) is 5.78. The molecule has 2 unspecified atom stereocenters. The number of nitrogens with zero attached hydrogens (tertiary/aromatic N) is 1. The molecule has 0 bridgehead atoms. The third-order valence-electron chi connectivity index (χ3n) is 3.57. The molecule has 2 nitrogen and oxygen atoms in total. The Bertz CT molecular complexity index is 367. The van der Waals surface area contributed by atoms with Crippen molar-refractivity contribution in [1.82, 2.24) is 4.90 Å². The highest BCUT2D eigenvalue weighted by atomic mass is 32.2. The van der Waals surface area contributed by atoms with Crippen LogP contribution in [0.15, 0.2) is 24.3 Å². The van der Waals surface area contributed by atoms with Gasteiger partial charge in [-0.2, -0.15) is 11.8 Å². The van der Waals surface area contributed by atoms with Gasteiger partial charge in [-0.25, -0.2) is 0 Å². The molecular weight excluding hydrogens is 228 g/mol. The molecule has 2 rings (SSSR count). The summed E-state index contributed by atoms with van der Waals surface area (Å²) < 4.78 is 0. The Morgan fingerprint density at radius 2 is 2.35 bits per heavy atom. The van der Waals surface area contributed by atoms with Crippen molar-refractivity contribution in [2.45, 2.75) is 31.6 Å². The van der Waals surface area contributed by atoms with E-state index in [1.807, 2.05) is 6.07 Å². The van der Waals surface area contributed by atoms with Crippen LogP contribution in [-0.2, 0) is 0 Å². The van der Waals surface area contributed by atoms with Crippen molar-refractivity contribution >= 4 is 17.4 Å². The Labute approximate surface area is 109 Å². The number of rotatable bonds is 3. The van der Waals surface area contributed by atoms with Gasteiger partial charge in [0.2, 0.25) is 0 Å². The van der Waals surface area contributed by atoms with E-state index in [1.54, 1.807) is 0 Å². The van der Waals surface area contributed by atoms with Crippen LogP contribution in [0, 0.1) is 0 Å². The van der Waals surface area contributed by atoms with E-state index in [0.29, 0.717) is 6.04 Å². The van der Waals surface area contributed by atoms with Crippen molar-refractivity contribution in [3.05, 3.63) is 29.8 Å². The van der Waals surface area contributed by atoms with Crippen LogP contribution in [0.4, 0.5) is 5.69 Å². The van der Waals surface area contributed by atoms with Crippen molar-refractivity contribution in [1.29, 1.82) is 0 Å². The Morgan fingerprint density at radius 1 is 1.53 bits per heavy atom. The number of anilines is 1. The largest absolute Gasteiger partial charge is 0.399 e. The van der Waals surface area contributed by atoms with Crippen molar-refractivity contribution in [2.24, 2.45) is 0 Å². The van der Waals surface area contributed by atoms with Gasteiger partial charge in [0.05, 0.1) is 0 Å². The lowest BCUT2D eigenvalue weighted by Gasteiger charge is -2.36. The van der Waals surface area contributed by atoms with Gasteiger partial charge in [0, 0.05) is 35.8 Å². The van der Waals surface area contributed by atoms with Gasteiger partial charge in [0.25, 0.3) is 0 Å². The Morgan fingerprint density at radius 3 is 3.06 bits per heavy atom. The zero-order valence-corrected chi connectivity index (χ0v) is 11.5.